The summed E-state index contributed by atoms with van der Waals surface area (Å²) in [5, 5.41) is 21.4. The van der Waals surface area contributed by atoms with Crippen molar-refractivity contribution in [1.82, 2.24) is 25.2 Å². The van der Waals surface area contributed by atoms with Gasteiger partial charge in [0.1, 0.15) is 11.4 Å². The second-order valence-electron chi connectivity index (χ2n) is 7.53. The Balaban J connectivity index is 1.28. The van der Waals surface area contributed by atoms with Crippen molar-refractivity contribution in [3.05, 3.63) is 34.4 Å². The minimum Gasteiger partial charge on any atom is -0.486 e. The summed E-state index contributed by atoms with van der Waals surface area (Å²) in [6, 6.07) is 5.58. The number of carboxylic acids is 1. The highest BCUT2D eigenvalue weighted by Crippen LogP contribution is 2.42. The van der Waals surface area contributed by atoms with Crippen LogP contribution in [0.4, 0.5) is 5.13 Å². The Labute approximate surface area is 189 Å². The van der Waals surface area contributed by atoms with Gasteiger partial charge in [0.2, 0.25) is 5.82 Å². The molecule has 1 aromatic carbocycles. The molecule has 1 spiro atoms. The van der Waals surface area contributed by atoms with Crippen LogP contribution in [-0.2, 0) is 11.3 Å². The fourth-order valence-corrected chi connectivity index (χ4v) is 5.40. The molecule has 10 nitrogen and oxygen atoms in total. The standard InChI is InChI=1S/C19H17BrN6O4S/c20-11-2-1-3-13-16(11)12(27)8-19(30-13)4-6-25(7-5-19)18-21-9-14(31-18)17-22-24-26(23-17)10-15(28)29/h1-3,9H,4-8,10H2,(H,28,29). The van der Waals surface area contributed by atoms with Crippen molar-refractivity contribution in [2.24, 2.45) is 0 Å². The first-order valence-corrected chi connectivity index (χ1v) is 11.2. The van der Waals surface area contributed by atoms with E-state index in [1.54, 1.807) is 6.20 Å². The summed E-state index contributed by atoms with van der Waals surface area (Å²) in [7, 11) is 0. The Hall–Kier alpha value is -2.86. The zero-order valence-electron chi connectivity index (χ0n) is 16.2. The number of hydrogen-bond acceptors (Lipinski definition) is 9. The molecular weight excluding hydrogens is 488 g/mol. The minimum atomic E-state index is -1.03. The van der Waals surface area contributed by atoms with Gasteiger partial charge in [-0.1, -0.05) is 17.4 Å². The van der Waals surface area contributed by atoms with Gasteiger partial charge in [-0.2, -0.15) is 4.80 Å². The van der Waals surface area contributed by atoms with Crippen LogP contribution in [-0.4, -0.2) is 60.7 Å². The second kappa shape index (κ2) is 7.68. The van der Waals surface area contributed by atoms with E-state index in [1.807, 2.05) is 18.2 Å². The number of carbonyl (C=O) groups excluding carboxylic acids is 1. The van der Waals surface area contributed by atoms with Crippen LogP contribution in [0.15, 0.2) is 28.9 Å². The van der Waals surface area contributed by atoms with Crippen molar-refractivity contribution >= 4 is 44.2 Å². The number of tetrazole rings is 1. The number of nitrogens with zero attached hydrogens (tertiary/aromatic N) is 6. The number of rotatable bonds is 4. The number of thiazole rings is 1. The third-order valence-corrected chi connectivity index (χ3v) is 7.17. The van der Waals surface area contributed by atoms with Gasteiger partial charge in [-0.05, 0) is 33.3 Å². The molecule has 5 rings (SSSR count). The second-order valence-corrected chi connectivity index (χ2v) is 9.39. The average molecular weight is 505 g/mol. The molecule has 160 valence electrons. The molecule has 12 heteroatoms. The van der Waals surface area contributed by atoms with Gasteiger partial charge in [-0.15, -0.1) is 10.2 Å². The number of ketones is 1. The predicted molar refractivity (Wildman–Crippen MR) is 114 cm³/mol. The predicted octanol–water partition coefficient (Wildman–Crippen LogP) is 2.65. The van der Waals surface area contributed by atoms with Gasteiger partial charge in [0, 0.05) is 30.4 Å². The Morgan fingerprint density at radius 2 is 2.13 bits per heavy atom. The Bertz CT molecular complexity index is 1170. The maximum atomic E-state index is 12.8. The first kappa shape index (κ1) is 20.1. The van der Waals surface area contributed by atoms with Crippen LogP contribution in [0.3, 0.4) is 0 Å². The number of ether oxygens (including phenoxy) is 1. The molecule has 0 amide bonds. The number of anilines is 1. The number of piperidine rings is 1. The zero-order valence-corrected chi connectivity index (χ0v) is 18.6. The fourth-order valence-electron chi connectivity index (χ4n) is 3.94. The third-order valence-electron chi connectivity index (χ3n) is 5.45. The van der Waals surface area contributed by atoms with E-state index in [0.717, 1.165) is 19.3 Å². The molecule has 2 aliphatic rings. The minimum absolute atomic E-state index is 0.106. The molecule has 0 aliphatic carbocycles. The highest BCUT2D eigenvalue weighted by molar-refractivity contribution is 9.10. The summed E-state index contributed by atoms with van der Waals surface area (Å²) in [4.78, 5) is 31.9. The number of fused-ring (bicyclic) bond motifs is 1. The summed E-state index contributed by atoms with van der Waals surface area (Å²) in [6.45, 7) is 1.08. The number of benzene rings is 1. The summed E-state index contributed by atoms with van der Waals surface area (Å²) in [6.07, 6.45) is 3.47. The number of aromatic nitrogens is 5. The first-order valence-electron chi connectivity index (χ1n) is 9.64. The van der Waals surface area contributed by atoms with E-state index < -0.39 is 11.6 Å². The molecule has 0 radical (unpaired) electrons. The summed E-state index contributed by atoms with van der Waals surface area (Å²) >= 11 is 4.87. The molecule has 0 atom stereocenters. The van der Waals surface area contributed by atoms with Gasteiger partial charge in [0.15, 0.2) is 17.5 Å². The maximum Gasteiger partial charge on any atom is 0.327 e. The lowest BCUT2D eigenvalue weighted by Gasteiger charge is -2.44. The molecule has 1 N–H and O–H groups in total. The first-order chi connectivity index (χ1) is 14.9. The lowest BCUT2D eigenvalue weighted by atomic mass is 9.82. The molecule has 0 saturated carbocycles. The van der Waals surface area contributed by atoms with E-state index in [0.29, 0.717) is 49.5 Å². The van der Waals surface area contributed by atoms with Gasteiger partial charge >= 0.3 is 5.97 Å². The molecule has 2 aliphatic heterocycles. The van der Waals surface area contributed by atoms with Gasteiger partial charge < -0.3 is 14.7 Å². The molecule has 31 heavy (non-hydrogen) atoms. The highest BCUT2D eigenvalue weighted by atomic mass is 79.9. The average Bonchev–Trinajstić information content (AvgIpc) is 3.37. The van der Waals surface area contributed by atoms with Crippen LogP contribution in [0.2, 0.25) is 0 Å². The van der Waals surface area contributed by atoms with Crippen LogP contribution in [0.25, 0.3) is 10.7 Å². The number of Topliss-reactive ketones (excluding diaryl/α,β-unsaturated/α-hetero) is 1. The molecule has 2 aromatic heterocycles. The number of halogens is 1. The van der Waals surface area contributed by atoms with E-state index in [2.05, 4.69) is 41.2 Å². The van der Waals surface area contributed by atoms with E-state index in [-0.39, 0.29) is 12.3 Å². The van der Waals surface area contributed by atoms with Crippen LogP contribution >= 0.6 is 27.3 Å². The quantitative estimate of drug-likeness (QED) is 0.570. The van der Waals surface area contributed by atoms with Crippen LogP contribution < -0.4 is 9.64 Å². The van der Waals surface area contributed by atoms with Crippen LogP contribution in [0.5, 0.6) is 5.75 Å². The fraction of sp³-hybridized carbons (Fsp3) is 0.368. The molecule has 1 saturated heterocycles. The lowest BCUT2D eigenvalue weighted by Crippen LogP contribution is -2.51. The van der Waals surface area contributed by atoms with Gasteiger partial charge in [-0.25, -0.2) is 4.98 Å². The Morgan fingerprint density at radius 3 is 2.90 bits per heavy atom. The normalized spacial score (nSPS) is 17.5. The topological polar surface area (TPSA) is 123 Å². The van der Waals surface area contributed by atoms with Crippen molar-refractivity contribution in [3.63, 3.8) is 0 Å². The maximum absolute atomic E-state index is 12.8. The Kier molecular flexibility index (Phi) is 4.97. The SMILES string of the molecule is O=C(O)Cn1nnc(-c2cnc(N3CCC4(CC3)CC(=O)c3c(Br)cccc3O4)s2)n1. The van der Waals surface area contributed by atoms with Gasteiger partial charge in [-0.3, -0.25) is 9.59 Å². The summed E-state index contributed by atoms with van der Waals surface area (Å²) < 4.78 is 7.10. The highest BCUT2D eigenvalue weighted by Gasteiger charge is 2.43. The molecule has 0 bridgehead atoms. The molecule has 0 unspecified atom stereocenters. The van der Waals surface area contributed by atoms with Gasteiger partial charge in [0.05, 0.1) is 23.1 Å². The van der Waals surface area contributed by atoms with E-state index >= 15 is 0 Å². The van der Waals surface area contributed by atoms with E-state index in [9.17, 15) is 9.59 Å². The van der Waals surface area contributed by atoms with E-state index in [4.69, 9.17) is 9.84 Å². The molecule has 4 heterocycles. The van der Waals surface area contributed by atoms with Crippen molar-refractivity contribution in [2.45, 2.75) is 31.4 Å². The Morgan fingerprint density at radius 1 is 1.32 bits per heavy atom. The number of hydrogen-bond donors (Lipinski definition) is 1. The number of aliphatic carboxylic acids is 1. The van der Waals surface area contributed by atoms with Crippen LogP contribution in [0.1, 0.15) is 29.6 Å². The lowest BCUT2D eigenvalue weighted by molar-refractivity contribution is -0.138. The van der Waals surface area contributed by atoms with Crippen molar-refractivity contribution in [3.8, 4) is 16.5 Å². The van der Waals surface area contributed by atoms with Crippen molar-refractivity contribution in [2.75, 3.05) is 18.0 Å². The van der Waals surface area contributed by atoms with Gasteiger partial charge in [0.25, 0.3) is 0 Å². The smallest absolute Gasteiger partial charge is 0.327 e. The van der Waals surface area contributed by atoms with Crippen molar-refractivity contribution < 1.29 is 19.4 Å². The van der Waals surface area contributed by atoms with Crippen LogP contribution in [0, 0.1) is 0 Å². The molecule has 1 fully saturated rings. The number of carbonyl (C=O) groups is 2. The monoisotopic (exact) mass is 504 g/mol. The van der Waals surface area contributed by atoms with Crippen molar-refractivity contribution in [1.29, 1.82) is 0 Å². The molecular formula is C19H17BrN6O4S. The third kappa shape index (κ3) is 3.81. The summed E-state index contributed by atoms with van der Waals surface area (Å²) in [5.41, 5.74) is 0.145. The number of carboxylic acid groups (broad SMARTS) is 1. The molecule has 3 aromatic rings. The van der Waals surface area contributed by atoms with E-state index in [1.165, 1.54) is 11.3 Å². The summed E-state index contributed by atoms with van der Waals surface area (Å²) in [5.74, 6) is 0.0665. The largest absolute Gasteiger partial charge is 0.486 e. The zero-order chi connectivity index (χ0) is 21.6.